The monoisotopic (exact) mass is 298 g/mol. The van der Waals surface area contributed by atoms with Gasteiger partial charge in [0.1, 0.15) is 5.01 Å². The summed E-state index contributed by atoms with van der Waals surface area (Å²) in [6.07, 6.45) is 1.76. The molecular formula is C13H10N6OS. The molecule has 4 rings (SSSR count). The molecule has 21 heavy (non-hydrogen) atoms. The van der Waals surface area contributed by atoms with Gasteiger partial charge in [-0.2, -0.15) is 9.61 Å². The lowest BCUT2D eigenvalue weighted by molar-refractivity contribution is 0.827. The van der Waals surface area contributed by atoms with E-state index in [0.717, 1.165) is 16.5 Å². The van der Waals surface area contributed by atoms with Crippen LogP contribution in [0.2, 0.25) is 0 Å². The van der Waals surface area contributed by atoms with Crippen LogP contribution in [-0.2, 0) is 6.54 Å². The Morgan fingerprint density at radius 3 is 3.00 bits per heavy atom. The van der Waals surface area contributed by atoms with Crippen molar-refractivity contribution in [3.05, 3.63) is 45.8 Å². The Labute approximate surface area is 122 Å². The number of hydrogen-bond donors (Lipinski definition) is 2. The van der Waals surface area contributed by atoms with E-state index in [0.29, 0.717) is 9.97 Å². The molecule has 0 aliphatic heterocycles. The molecule has 8 heteroatoms. The van der Waals surface area contributed by atoms with Gasteiger partial charge in [0.05, 0.1) is 0 Å². The maximum absolute atomic E-state index is 12.5. The van der Waals surface area contributed by atoms with Gasteiger partial charge < -0.3 is 10.7 Å². The molecule has 0 spiro atoms. The molecule has 0 aliphatic rings. The first-order chi connectivity index (χ1) is 10.3. The van der Waals surface area contributed by atoms with Gasteiger partial charge in [0.2, 0.25) is 4.96 Å². The van der Waals surface area contributed by atoms with Crippen molar-refractivity contribution >= 4 is 27.2 Å². The predicted molar refractivity (Wildman–Crippen MR) is 80.1 cm³/mol. The highest BCUT2D eigenvalue weighted by Gasteiger charge is 2.15. The third-order valence-corrected chi connectivity index (χ3v) is 4.17. The topological polar surface area (TPSA) is 102 Å². The Balaban J connectivity index is 2.02. The van der Waals surface area contributed by atoms with Crippen molar-refractivity contribution in [2.45, 2.75) is 6.54 Å². The van der Waals surface area contributed by atoms with E-state index in [4.69, 9.17) is 5.73 Å². The number of aromatic amines is 1. The standard InChI is InChI=1S/C13H10N6OS/c14-5-10-18-19-12(20)11(16-17-13(19)21-10)8-6-15-9-4-2-1-3-7(8)9/h1-4,6,15H,5,14H2. The van der Waals surface area contributed by atoms with E-state index in [1.165, 1.54) is 15.9 Å². The van der Waals surface area contributed by atoms with Crippen molar-refractivity contribution in [1.29, 1.82) is 0 Å². The van der Waals surface area contributed by atoms with E-state index >= 15 is 0 Å². The highest BCUT2D eigenvalue weighted by molar-refractivity contribution is 7.16. The lowest BCUT2D eigenvalue weighted by atomic mass is 10.1. The van der Waals surface area contributed by atoms with Gasteiger partial charge in [0.25, 0.3) is 0 Å². The smallest absolute Gasteiger partial charge is 0.302 e. The normalized spacial score (nSPS) is 11.5. The first kappa shape index (κ1) is 12.2. The largest absolute Gasteiger partial charge is 0.360 e. The second kappa shape index (κ2) is 4.47. The molecule has 104 valence electrons. The second-order valence-electron chi connectivity index (χ2n) is 4.50. The first-order valence-electron chi connectivity index (χ1n) is 6.30. The summed E-state index contributed by atoms with van der Waals surface area (Å²) < 4.78 is 1.26. The van der Waals surface area contributed by atoms with Gasteiger partial charge in [-0.05, 0) is 6.07 Å². The molecule has 0 fully saturated rings. The fourth-order valence-corrected chi connectivity index (χ4v) is 2.98. The van der Waals surface area contributed by atoms with Crippen LogP contribution < -0.4 is 11.3 Å². The number of H-pyrrole nitrogens is 1. The van der Waals surface area contributed by atoms with Crippen molar-refractivity contribution in [1.82, 2.24) is 24.8 Å². The molecule has 1 aromatic carbocycles. The van der Waals surface area contributed by atoms with Crippen molar-refractivity contribution in [3.63, 3.8) is 0 Å². The van der Waals surface area contributed by atoms with E-state index in [-0.39, 0.29) is 17.8 Å². The zero-order chi connectivity index (χ0) is 14.4. The van der Waals surface area contributed by atoms with E-state index in [1.54, 1.807) is 6.20 Å². The minimum atomic E-state index is -0.291. The Kier molecular flexibility index (Phi) is 2.59. The summed E-state index contributed by atoms with van der Waals surface area (Å²) >= 11 is 1.27. The molecule has 3 N–H and O–H groups in total. The van der Waals surface area contributed by atoms with E-state index < -0.39 is 0 Å². The van der Waals surface area contributed by atoms with E-state index in [1.807, 2.05) is 24.3 Å². The molecule has 0 aliphatic carbocycles. The molecule has 0 saturated heterocycles. The SMILES string of the molecule is NCc1nn2c(=O)c(-c3c[nH]c4ccccc34)nnc2s1. The van der Waals surface area contributed by atoms with Crippen LogP contribution in [0, 0.1) is 0 Å². The Morgan fingerprint density at radius 2 is 2.14 bits per heavy atom. The lowest BCUT2D eigenvalue weighted by Crippen LogP contribution is -2.19. The second-order valence-corrected chi connectivity index (χ2v) is 5.54. The lowest BCUT2D eigenvalue weighted by Gasteiger charge is -1.97. The van der Waals surface area contributed by atoms with Crippen LogP contribution in [0.15, 0.2) is 35.3 Å². The van der Waals surface area contributed by atoms with Crippen LogP contribution in [0.3, 0.4) is 0 Å². The third kappa shape index (κ3) is 1.77. The zero-order valence-corrected chi connectivity index (χ0v) is 11.6. The Morgan fingerprint density at radius 1 is 1.29 bits per heavy atom. The summed E-state index contributed by atoms with van der Waals surface area (Å²) in [4.78, 5) is 16.1. The average molecular weight is 298 g/mol. The van der Waals surface area contributed by atoms with Crippen LogP contribution in [0.25, 0.3) is 27.1 Å². The predicted octanol–water partition coefficient (Wildman–Crippen LogP) is 1.15. The van der Waals surface area contributed by atoms with Gasteiger partial charge in [-0.15, -0.1) is 10.2 Å². The summed E-state index contributed by atoms with van der Waals surface area (Å²) in [5, 5.41) is 13.9. The minimum Gasteiger partial charge on any atom is -0.360 e. The molecule has 3 aromatic heterocycles. The zero-order valence-electron chi connectivity index (χ0n) is 10.8. The number of fused-ring (bicyclic) bond motifs is 2. The summed E-state index contributed by atoms with van der Waals surface area (Å²) in [7, 11) is 0. The molecule has 4 aromatic rings. The number of aromatic nitrogens is 5. The summed E-state index contributed by atoms with van der Waals surface area (Å²) in [6, 6.07) is 7.72. The number of nitrogens with zero attached hydrogens (tertiary/aromatic N) is 4. The molecule has 0 atom stereocenters. The molecule has 0 unspecified atom stereocenters. The van der Waals surface area contributed by atoms with Crippen LogP contribution in [0.1, 0.15) is 5.01 Å². The maximum atomic E-state index is 12.5. The van der Waals surface area contributed by atoms with Gasteiger partial charge in [0.15, 0.2) is 5.69 Å². The summed E-state index contributed by atoms with van der Waals surface area (Å²) in [5.74, 6) is 0. The molecule has 0 radical (unpaired) electrons. The Hall–Kier alpha value is -2.58. The van der Waals surface area contributed by atoms with Crippen LogP contribution in [0.4, 0.5) is 0 Å². The number of benzene rings is 1. The summed E-state index contributed by atoms with van der Waals surface area (Å²) in [5.41, 5.74) is 7.20. The van der Waals surface area contributed by atoms with Crippen LogP contribution in [0.5, 0.6) is 0 Å². The molecule has 3 heterocycles. The van der Waals surface area contributed by atoms with Crippen molar-refractivity contribution < 1.29 is 0 Å². The number of nitrogens with two attached hydrogens (primary N) is 1. The fraction of sp³-hybridized carbons (Fsp3) is 0.0769. The highest BCUT2D eigenvalue weighted by Crippen LogP contribution is 2.24. The van der Waals surface area contributed by atoms with Gasteiger partial charge in [-0.1, -0.05) is 29.5 Å². The number of hydrogen-bond acceptors (Lipinski definition) is 6. The highest BCUT2D eigenvalue weighted by atomic mass is 32.1. The van der Waals surface area contributed by atoms with Gasteiger partial charge in [-0.25, -0.2) is 0 Å². The first-order valence-corrected chi connectivity index (χ1v) is 7.11. The van der Waals surface area contributed by atoms with E-state index in [9.17, 15) is 4.79 Å². The third-order valence-electron chi connectivity index (χ3n) is 3.25. The van der Waals surface area contributed by atoms with Crippen molar-refractivity contribution in [3.8, 4) is 11.3 Å². The van der Waals surface area contributed by atoms with E-state index in [2.05, 4.69) is 20.3 Å². The van der Waals surface area contributed by atoms with Gasteiger partial charge >= 0.3 is 5.56 Å². The average Bonchev–Trinajstić information content (AvgIpc) is 3.12. The number of rotatable bonds is 2. The van der Waals surface area contributed by atoms with Crippen molar-refractivity contribution in [2.75, 3.05) is 0 Å². The minimum absolute atomic E-state index is 0.274. The van der Waals surface area contributed by atoms with Gasteiger partial charge in [-0.3, -0.25) is 4.79 Å². The molecular weight excluding hydrogens is 288 g/mol. The van der Waals surface area contributed by atoms with Crippen LogP contribution >= 0.6 is 11.3 Å². The van der Waals surface area contributed by atoms with Gasteiger partial charge in [0, 0.05) is 29.2 Å². The molecule has 0 bridgehead atoms. The number of nitrogens with one attached hydrogen (secondary N) is 1. The molecule has 0 saturated carbocycles. The summed E-state index contributed by atoms with van der Waals surface area (Å²) in [6.45, 7) is 0.274. The molecule has 7 nitrogen and oxygen atoms in total. The fourth-order valence-electron chi connectivity index (χ4n) is 2.27. The maximum Gasteiger partial charge on any atom is 0.302 e. The molecule has 0 amide bonds. The van der Waals surface area contributed by atoms with Crippen LogP contribution in [-0.4, -0.2) is 24.8 Å². The van der Waals surface area contributed by atoms with Crippen molar-refractivity contribution in [2.24, 2.45) is 5.73 Å². The number of para-hydroxylation sites is 1. The Bertz CT molecular complexity index is 1010. The quantitative estimate of drug-likeness (QED) is 0.578.